The lowest BCUT2D eigenvalue weighted by Crippen LogP contribution is -2.30. The van der Waals surface area contributed by atoms with Gasteiger partial charge in [-0.25, -0.2) is 14.2 Å². The minimum Gasteiger partial charge on any atom is -0.451 e. The van der Waals surface area contributed by atoms with E-state index in [0.717, 1.165) is 5.56 Å². The topological polar surface area (TPSA) is 80.3 Å². The fourth-order valence-corrected chi connectivity index (χ4v) is 2.55. The summed E-state index contributed by atoms with van der Waals surface area (Å²) in [6, 6.07) is 6.04. The first-order valence-electron chi connectivity index (χ1n) is 7.57. The first-order valence-corrected chi connectivity index (χ1v) is 8.45. The van der Waals surface area contributed by atoms with Crippen LogP contribution in [-0.2, 0) is 16.0 Å². The molecule has 1 aromatic carbocycles. The lowest BCUT2D eigenvalue weighted by molar-refractivity contribution is -0.124. The number of nitrogens with one attached hydrogen (secondary N) is 2. The zero-order valence-electron chi connectivity index (χ0n) is 13.5. The highest BCUT2D eigenvalue weighted by Crippen LogP contribution is 2.15. The van der Waals surface area contributed by atoms with Crippen LogP contribution in [-0.4, -0.2) is 36.6 Å². The van der Waals surface area contributed by atoms with Gasteiger partial charge in [0.25, 0.3) is 5.91 Å². The maximum Gasteiger partial charge on any atom is 0.358 e. The number of rotatable bonds is 9. The summed E-state index contributed by atoms with van der Waals surface area (Å²) in [6.45, 7) is 4.11. The molecule has 8 heteroatoms. The highest BCUT2D eigenvalue weighted by molar-refractivity contribution is 7.13. The number of halogens is 1. The van der Waals surface area contributed by atoms with Crippen molar-refractivity contribution in [2.24, 2.45) is 0 Å². The van der Waals surface area contributed by atoms with Gasteiger partial charge in [-0.15, -0.1) is 17.9 Å². The van der Waals surface area contributed by atoms with Crippen LogP contribution in [0.2, 0.25) is 0 Å². The molecule has 25 heavy (non-hydrogen) atoms. The van der Waals surface area contributed by atoms with Crippen LogP contribution in [0.3, 0.4) is 0 Å². The molecule has 2 N–H and O–H groups in total. The highest BCUT2D eigenvalue weighted by atomic mass is 32.1. The normalized spacial score (nSPS) is 10.1. The molecule has 6 nitrogen and oxygen atoms in total. The van der Waals surface area contributed by atoms with Crippen molar-refractivity contribution in [3.05, 3.63) is 59.4 Å². The Kier molecular flexibility index (Phi) is 7.09. The fraction of sp³-hybridized carbons (Fsp3) is 0.235. The molecule has 0 aliphatic rings. The molecule has 132 valence electrons. The Morgan fingerprint density at radius 3 is 2.80 bits per heavy atom. The second-order valence-corrected chi connectivity index (χ2v) is 5.87. The summed E-state index contributed by atoms with van der Waals surface area (Å²) in [5.41, 5.74) is 1.05. The molecule has 0 unspecified atom stereocenters. The van der Waals surface area contributed by atoms with E-state index >= 15 is 0 Å². The van der Waals surface area contributed by atoms with Gasteiger partial charge in [0.2, 0.25) is 0 Å². The van der Waals surface area contributed by atoms with Gasteiger partial charge in [-0.2, -0.15) is 0 Å². The fourth-order valence-electron chi connectivity index (χ4n) is 1.86. The van der Waals surface area contributed by atoms with Crippen molar-refractivity contribution < 1.29 is 18.7 Å². The Bertz CT molecular complexity index is 731. The third-order valence-corrected chi connectivity index (χ3v) is 3.89. The molecule has 0 saturated heterocycles. The van der Waals surface area contributed by atoms with Crippen molar-refractivity contribution in [2.45, 2.75) is 6.42 Å². The van der Waals surface area contributed by atoms with E-state index in [-0.39, 0.29) is 18.1 Å². The van der Waals surface area contributed by atoms with Crippen LogP contribution in [0.15, 0.2) is 42.3 Å². The van der Waals surface area contributed by atoms with Crippen LogP contribution in [0.1, 0.15) is 16.1 Å². The smallest absolute Gasteiger partial charge is 0.358 e. The van der Waals surface area contributed by atoms with Crippen molar-refractivity contribution in [3.8, 4) is 0 Å². The van der Waals surface area contributed by atoms with Gasteiger partial charge < -0.3 is 15.4 Å². The Morgan fingerprint density at radius 1 is 1.32 bits per heavy atom. The van der Waals surface area contributed by atoms with Gasteiger partial charge in [0, 0.05) is 18.5 Å². The number of thiazole rings is 1. The summed E-state index contributed by atoms with van der Waals surface area (Å²) in [5.74, 6) is -1.36. The molecule has 0 bridgehead atoms. The van der Waals surface area contributed by atoms with E-state index in [1.807, 2.05) is 0 Å². The number of anilines is 1. The van der Waals surface area contributed by atoms with Gasteiger partial charge >= 0.3 is 5.97 Å². The second-order valence-electron chi connectivity index (χ2n) is 5.01. The van der Waals surface area contributed by atoms with E-state index in [0.29, 0.717) is 24.6 Å². The monoisotopic (exact) mass is 363 g/mol. The van der Waals surface area contributed by atoms with E-state index in [4.69, 9.17) is 4.74 Å². The number of benzene rings is 1. The molecule has 0 aliphatic heterocycles. The lowest BCUT2D eigenvalue weighted by atomic mass is 10.1. The van der Waals surface area contributed by atoms with Crippen molar-refractivity contribution in [1.29, 1.82) is 0 Å². The highest BCUT2D eigenvalue weighted by Gasteiger charge is 2.13. The number of amides is 1. The molecule has 1 amide bonds. The van der Waals surface area contributed by atoms with Crippen LogP contribution in [0, 0.1) is 5.82 Å². The van der Waals surface area contributed by atoms with Gasteiger partial charge in [0.05, 0.1) is 0 Å². The van der Waals surface area contributed by atoms with E-state index in [2.05, 4.69) is 22.2 Å². The number of carbonyl (C=O) groups excluding carboxylic acids is 2. The van der Waals surface area contributed by atoms with Crippen molar-refractivity contribution >= 4 is 28.3 Å². The minimum absolute atomic E-state index is 0.149. The Hall–Kier alpha value is -2.74. The number of carbonyl (C=O) groups is 2. The average Bonchev–Trinajstić information content (AvgIpc) is 3.08. The molecule has 0 spiro atoms. The molecule has 1 heterocycles. The number of esters is 1. The van der Waals surface area contributed by atoms with Gasteiger partial charge in [-0.05, 0) is 24.1 Å². The van der Waals surface area contributed by atoms with Crippen LogP contribution >= 0.6 is 11.3 Å². The van der Waals surface area contributed by atoms with E-state index < -0.39 is 11.9 Å². The molecular weight excluding hydrogens is 345 g/mol. The molecule has 0 saturated carbocycles. The summed E-state index contributed by atoms with van der Waals surface area (Å²) in [5, 5.41) is 7.73. The molecule has 2 rings (SSSR count). The van der Waals surface area contributed by atoms with Gasteiger partial charge in [-0.3, -0.25) is 4.79 Å². The quantitative estimate of drug-likeness (QED) is 0.528. The largest absolute Gasteiger partial charge is 0.451 e. The van der Waals surface area contributed by atoms with Crippen molar-refractivity contribution in [1.82, 2.24) is 10.3 Å². The van der Waals surface area contributed by atoms with Gasteiger partial charge in [0.1, 0.15) is 5.82 Å². The standard InChI is InChI=1S/C17H18FN3O3S/c1-2-8-20-17-21-14(11-25-17)16(23)24-10-15(22)19-9-7-12-3-5-13(18)6-4-12/h2-6,11H,1,7-10H2,(H,19,22)(H,20,21). The zero-order valence-corrected chi connectivity index (χ0v) is 14.3. The minimum atomic E-state index is -0.656. The maximum absolute atomic E-state index is 12.8. The van der Waals surface area contributed by atoms with E-state index in [1.54, 1.807) is 23.6 Å². The average molecular weight is 363 g/mol. The molecule has 0 atom stereocenters. The maximum atomic E-state index is 12.8. The lowest BCUT2D eigenvalue weighted by Gasteiger charge is -2.06. The summed E-state index contributed by atoms with van der Waals surface area (Å²) in [6.07, 6.45) is 2.24. The summed E-state index contributed by atoms with van der Waals surface area (Å²) < 4.78 is 17.7. The number of hydrogen-bond donors (Lipinski definition) is 2. The number of ether oxygens (including phenoxy) is 1. The third-order valence-electron chi connectivity index (χ3n) is 3.09. The van der Waals surface area contributed by atoms with Crippen LogP contribution in [0.25, 0.3) is 0 Å². The van der Waals surface area contributed by atoms with Gasteiger partial charge in [-0.1, -0.05) is 18.2 Å². The summed E-state index contributed by atoms with van der Waals surface area (Å²) in [4.78, 5) is 27.6. The van der Waals surface area contributed by atoms with Crippen LogP contribution in [0.5, 0.6) is 0 Å². The van der Waals surface area contributed by atoms with E-state index in [1.165, 1.54) is 23.5 Å². The molecule has 0 radical (unpaired) electrons. The Morgan fingerprint density at radius 2 is 2.08 bits per heavy atom. The third kappa shape index (κ3) is 6.34. The van der Waals surface area contributed by atoms with Crippen molar-refractivity contribution in [3.63, 3.8) is 0 Å². The summed E-state index contributed by atoms with van der Waals surface area (Å²) in [7, 11) is 0. The predicted octanol–water partition coefficient (Wildman–Crippen LogP) is 2.40. The number of nitrogens with zero attached hydrogens (tertiary/aromatic N) is 1. The predicted molar refractivity (Wildman–Crippen MR) is 94.2 cm³/mol. The van der Waals surface area contributed by atoms with Crippen LogP contribution < -0.4 is 10.6 Å². The molecule has 1 aromatic heterocycles. The van der Waals surface area contributed by atoms with Crippen molar-refractivity contribution in [2.75, 3.05) is 25.0 Å². The Labute approximate surface area is 148 Å². The molecular formula is C17H18FN3O3S. The number of aromatic nitrogens is 1. The summed E-state index contributed by atoms with van der Waals surface area (Å²) >= 11 is 1.27. The molecule has 0 aliphatic carbocycles. The molecule has 2 aromatic rings. The Balaban J connectivity index is 1.68. The van der Waals surface area contributed by atoms with E-state index in [9.17, 15) is 14.0 Å². The van der Waals surface area contributed by atoms with Gasteiger partial charge in [0.15, 0.2) is 17.4 Å². The molecule has 0 fully saturated rings. The second kappa shape index (κ2) is 9.53. The van der Waals surface area contributed by atoms with Crippen LogP contribution in [0.4, 0.5) is 9.52 Å². The number of hydrogen-bond acceptors (Lipinski definition) is 6. The first kappa shape index (κ1) is 18.6. The zero-order chi connectivity index (χ0) is 18.1. The SMILES string of the molecule is C=CCNc1nc(C(=O)OCC(=O)NCCc2ccc(F)cc2)cs1. The first-order chi connectivity index (χ1) is 12.1.